The van der Waals surface area contributed by atoms with Gasteiger partial charge in [0.2, 0.25) is 0 Å². The number of benzene rings is 1. The lowest BCUT2D eigenvalue weighted by molar-refractivity contribution is 0.0697. The van der Waals surface area contributed by atoms with Crippen molar-refractivity contribution in [2.45, 2.75) is 6.54 Å². The van der Waals surface area contributed by atoms with Crippen LogP contribution < -0.4 is 0 Å². The minimum atomic E-state index is -1.00. The summed E-state index contributed by atoms with van der Waals surface area (Å²) < 4.78 is 0. The first-order chi connectivity index (χ1) is 6.59. The number of nitrogens with zero attached hydrogens (tertiary/aromatic N) is 1. The number of carbonyl (C=O) groups excluding carboxylic acids is 1. The highest BCUT2D eigenvalue weighted by Crippen LogP contribution is 2.22. The van der Waals surface area contributed by atoms with Gasteiger partial charge in [0.05, 0.1) is 5.56 Å². The van der Waals surface area contributed by atoms with Gasteiger partial charge in [-0.05, 0) is 17.7 Å². The van der Waals surface area contributed by atoms with Crippen molar-refractivity contribution in [1.82, 2.24) is 4.90 Å². The summed E-state index contributed by atoms with van der Waals surface area (Å²) in [6, 6.07) is 4.65. The van der Waals surface area contributed by atoms with Crippen molar-refractivity contribution in [3.05, 3.63) is 34.9 Å². The maximum Gasteiger partial charge on any atom is 0.335 e. The molecule has 1 heterocycles. The number of carbonyl (C=O) groups is 2. The lowest BCUT2D eigenvalue weighted by atomic mass is 10.1. The Bertz CT molecular complexity index is 425. The van der Waals surface area contributed by atoms with E-state index in [1.165, 1.54) is 12.1 Å². The molecule has 4 heteroatoms. The molecule has 4 nitrogen and oxygen atoms in total. The number of hydrogen-bond acceptors (Lipinski definition) is 2. The van der Waals surface area contributed by atoms with E-state index < -0.39 is 5.97 Å². The third kappa shape index (κ3) is 1.16. The Balaban J connectivity index is 2.51. The molecule has 0 aromatic heterocycles. The monoisotopic (exact) mass is 191 g/mol. The summed E-state index contributed by atoms with van der Waals surface area (Å²) in [6.45, 7) is 0.564. The van der Waals surface area contributed by atoms with Crippen molar-refractivity contribution in [2.75, 3.05) is 7.05 Å². The van der Waals surface area contributed by atoms with Gasteiger partial charge in [-0.1, -0.05) is 6.07 Å². The van der Waals surface area contributed by atoms with Crippen molar-refractivity contribution in [1.29, 1.82) is 0 Å². The van der Waals surface area contributed by atoms with E-state index in [-0.39, 0.29) is 11.5 Å². The lowest BCUT2D eigenvalue weighted by Gasteiger charge is -2.04. The SMILES string of the molecule is CN1Cc2ccc(C(=O)O)cc2C1=O. The first-order valence-corrected chi connectivity index (χ1v) is 4.21. The highest BCUT2D eigenvalue weighted by Gasteiger charge is 2.24. The van der Waals surface area contributed by atoms with Gasteiger partial charge >= 0.3 is 5.97 Å². The number of rotatable bonds is 1. The number of carboxylic acid groups (broad SMARTS) is 1. The minimum absolute atomic E-state index is 0.108. The Morgan fingerprint density at radius 1 is 1.50 bits per heavy atom. The fraction of sp³-hybridized carbons (Fsp3) is 0.200. The van der Waals surface area contributed by atoms with Crippen molar-refractivity contribution in [2.24, 2.45) is 0 Å². The second kappa shape index (κ2) is 2.83. The maximum absolute atomic E-state index is 11.5. The van der Waals surface area contributed by atoms with E-state index in [1.54, 1.807) is 18.0 Å². The maximum atomic E-state index is 11.5. The van der Waals surface area contributed by atoms with Gasteiger partial charge < -0.3 is 10.0 Å². The highest BCUT2D eigenvalue weighted by atomic mass is 16.4. The molecule has 0 atom stereocenters. The molecule has 1 aliphatic heterocycles. The Morgan fingerprint density at radius 3 is 2.86 bits per heavy atom. The molecule has 72 valence electrons. The number of carboxylic acids is 1. The van der Waals surface area contributed by atoms with Crippen molar-refractivity contribution in [3.63, 3.8) is 0 Å². The smallest absolute Gasteiger partial charge is 0.335 e. The number of fused-ring (bicyclic) bond motifs is 1. The molecule has 0 fully saturated rings. The van der Waals surface area contributed by atoms with Gasteiger partial charge in [-0.3, -0.25) is 4.79 Å². The highest BCUT2D eigenvalue weighted by molar-refractivity contribution is 6.00. The van der Waals surface area contributed by atoms with Crippen LogP contribution in [0.3, 0.4) is 0 Å². The summed E-state index contributed by atoms with van der Waals surface area (Å²) in [5, 5.41) is 8.74. The van der Waals surface area contributed by atoms with E-state index in [0.717, 1.165) is 5.56 Å². The molecule has 1 N–H and O–H groups in total. The van der Waals surface area contributed by atoms with Gasteiger partial charge in [-0.2, -0.15) is 0 Å². The molecule has 0 bridgehead atoms. The number of hydrogen-bond donors (Lipinski definition) is 1. The van der Waals surface area contributed by atoms with Crippen LogP contribution in [-0.2, 0) is 6.54 Å². The molecule has 2 rings (SSSR count). The van der Waals surface area contributed by atoms with Crippen LogP contribution >= 0.6 is 0 Å². The predicted molar refractivity (Wildman–Crippen MR) is 49.2 cm³/mol. The Hall–Kier alpha value is -1.84. The summed E-state index contributed by atoms with van der Waals surface area (Å²) in [7, 11) is 1.70. The van der Waals surface area contributed by atoms with Gasteiger partial charge in [0, 0.05) is 19.2 Å². The summed E-state index contributed by atoms with van der Waals surface area (Å²) in [5.74, 6) is -1.11. The van der Waals surface area contributed by atoms with Crippen LogP contribution in [0.5, 0.6) is 0 Å². The normalized spacial score (nSPS) is 14.4. The topological polar surface area (TPSA) is 57.6 Å². The second-order valence-electron chi connectivity index (χ2n) is 3.34. The second-order valence-corrected chi connectivity index (χ2v) is 3.34. The van der Waals surface area contributed by atoms with Gasteiger partial charge in [-0.15, -0.1) is 0 Å². The standard InChI is InChI=1S/C10H9NO3/c1-11-5-7-3-2-6(10(13)14)4-8(7)9(11)12/h2-4H,5H2,1H3,(H,13,14). The Kier molecular flexibility index (Phi) is 1.77. The molecule has 0 radical (unpaired) electrons. The van der Waals surface area contributed by atoms with Crippen LogP contribution in [-0.4, -0.2) is 28.9 Å². The van der Waals surface area contributed by atoms with Gasteiger partial charge in [0.25, 0.3) is 5.91 Å². The minimum Gasteiger partial charge on any atom is -0.478 e. The van der Waals surface area contributed by atoms with Crippen LogP contribution in [0.25, 0.3) is 0 Å². The fourth-order valence-electron chi connectivity index (χ4n) is 1.58. The first kappa shape index (κ1) is 8.74. The van der Waals surface area contributed by atoms with Crippen LogP contribution in [0.4, 0.5) is 0 Å². The third-order valence-electron chi connectivity index (χ3n) is 2.34. The molecule has 0 saturated carbocycles. The molecule has 0 aliphatic carbocycles. The molecule has 0 unspecified atom stereocenters. The third-order valence-corrected chi connectivity index (χ3v) is 2.34. The zero-order valence-electron chi connectivity index (χ0n) is 7.65. The molecule has 1 aromatic carbocycles. The van der Waals surface area contributed by atoms with E-state index in [2.05, 4.69) is 0 Å². The molecule has 0 spiro atoms. The Morgan fingerprint density at radius 2 is 2.21 bits per heavy atom. The summed E-state index contributed by atoms with van der Waals surface area (Å²) >= 11 is 0. The molecule has 1 amide bonds. The zero-order valence-corrected chi connectivity index (χ0v) is 7.65. The van der Waals surface area contributed by atoms with Crippen LogP contribution in [0.2, 0.25) is 0 Å². The van der Waals surface area contributed by atoms with Crippen LogP contribution in [0, 0.1) is 0 Å². The van der Waals surface area contributed by atoms with Gasteiger partial charge in [0.15, 0.2) is 0 Å². The first-order valence-electron chi connectivity index (χ1n) is 4.21. The molecule has 1 aromatic rings. The number of amides is 1. The average Bonchev–Trinajstić information content (AvgIpc) is 2.43. The largest absolute Gasteiger partial charge is 0.478 e. The molecule has 1 aliphatic rings. The molecule has 0 saturated heterocycles. The molecular weight excluding hydrogens is 182 g/mol. The van der Waals surface area contributed by atoms with E-state index in [4.69, 9.17) is 5.11 Å². The fourth-order valence-corrected chi connectivity index (χ4v) is 1.58. The summed E-state index contributed by atoms with van der Waals surface area (Å²) in [4.78, 5) is 23.7. The van der Waals surface area contributed by atoms with Crippen molar-refractivity contribution in [3.8, 4) is 0 Å². The van der Waals surface area contributed by atoms with Crippen LogP contribution in [0.15, 0.2) is 18.2 Å². The van der Waals surface area contributed by atoms with Crippen LogP contribution in [0.1, 0.15) is 26.3 Å². The Labute approximate surface area is 80.8 Å². The van der Waals surface area contributed by atoms with E-state index in [1.807, 2.05) is 0 Å². The van der Waals surface area contributed by atoms with E-state index in [0.29, 0.717) is 12.1 Å². The summed E-state index contributed by atoms with van der Waals surface area (Å²) in [5.41, 5.74) is 1.56. The molecular formula is C10H9NO3. The van der Waals surface area contributed by atoms with E-state index in [9.17, 15) is 9.59 Å². The zero-order chi connectivity index (χ0) is 10.3. The lowest BCUT2D eigenvalue weighted by Crippen LogP contribution is -2.17. The summed E-state index contributed by atoms with van der Waals surface area (Å²) in [6.07, 6.45) is 0. The van der Waals surface area contributed by atoms with Gasteiger partial charge in [0.1, 0.15) is 0 Å². The van der Waals surface area contributed by atoms with Crippen molar-refractivity contribution < 1.29 is 14.7 Å². The number of aromatic carboxylic acids is 1. The quantitative estimate of drug-likeness (QED) is 0.719. The predicted octanol–water partition coefficient (Wildman–Crippen LogP) is 0.970. The van der Waals surface area contributed by atoms with Gasteiger partial charge in [-0.25, -0.2) is 4.79 Å². The molecule has 14 heavy (non-hydrogen) atoms. The van der Waals surface area contributed by atoms with Crippen molar-refractivity contribution >= 4 is 11.9 Å². The van der Waals surface area contributed by atoms with E-state index >= 15 is 0 Å². The average molecular weight is 191 g/mol.